The normalized spacial score (nSPS) is 24.4. The maximum atomic E-state index is 12.8. The van der Waals surface area contributed by atoms with Gasteiger partial charge in [0, 0.05) is 0 Å². The summed E-state index contributed by atoms with van der Waals surface area (Å²) in [6.45, 7) is 0. The number of carbonyl (C=O) groups excluding carboxylic acids is 2. The number of nitrogens with zero attached hydrogens (tertiary/aromatic N) is 1. The topological polar surface area (TPSA) is 73.5 Å². The Labute approximate surface area is 155 Å². The molecule has 1 aromatic carbocycles. The van der Waals surface area contributed by atoms with Gasteiger partial charge in [-0.1, -0.05) is 12.1 Å². The van der Waals surface area contributed by atoms with Crippen molar-refractivity contribution >= 4 is 11.8 Å². The Kier molecular flexibility index (Phi) is 5.43. The summed E-state index contributed by atoms with van der Waals surface area (Å²) < 4.78 is 38.3. The van der Waals surface area contributed by atoms with Gasteiger partial charge in [-0.05, 0) is 50.6 Å². The molecule has 1 saturated carbocycles. The van der Waals surface area contributed by atoms with Crippen molar-refractivity contribution in [2.75, 3.05) is 14.1 Å². The van der Waals surface area contributed by atoms with Gasteiger partial charge >= 0.3 is 6.18 Å². The molecule has 1 saturated heterocycles. The second-order valence-corrected chi connectivity index (χ2v) is 7.30. The highest BCUT2D eigenvalue weighted by molar-refractivity contribution is 5.89. The minimum absolute atomic E-state index is 0.0145. The van der Waals surface area contributed by atoms with E-state index in [1.165, 1.54) is 12.1 Å². The zero-order valence-electron chi connectivity index (χ0n) is 15.1. The monoisotopic (exact) mass is 384 g/mol. The van der Waals surface area contributed by atoms with Crippen LogP contribution in [0, 0.1) is 5.92 Å². The summed E-state index contributed by atoms with van der Waals surface area (Å²) in [6, 6.07) is 3.84. The van der Waals surface area contributed by atoms with Crippen molar-refractivity contribution in [2.45, 2.75) is 43.8 Å². The third-order valence-electron chi connectivity index (χ3n) is 4.87. The average Bonchev–Trinajstić information content (AvgIpc) is 3.43. The lowest BCUT2D eigenvalue weighted by Crippen LogP contribution is -2.65. The fourth-order valence-electron chi connectivity index (χ4n) is 3.17. The Morgan fingerprint density at radius 1 is 1.22 bits per heavy atom. The molecule has 3 atom stereocenters. The number of alkyl halides is 3. The number of halogens is 3. The third-order valence-corrected chi connectivity index (χ3v) is 4.87. The summed E-state index contributed by atoms with van der Waals surface area (Å²) in [5.41, 5.74) is -0.0742. The van der Waals surface area contributed by atoms with Gasteiger partial charge in [-0.2, -0.15) is 13.2 Å². The quantitative estimate of drug-likeness (QED) is 0.721. The first-order chi connectivity index (χ1) is 12.6. The molecule has 0 spiro atoms. The minimum Gasteiger partial charge on any atom is -0.348 e. The largest absolute Gasteiger partial charge is 0.416 e. The smallest absolute Gasteiger partial charge is 0.348 e. The van der Waals surface area contributed by atoms with Gasteiger partial charge in [-0.3, -0.25) is 19.8 Å². The van der Waals surface area contributed by atoms with Crippen LogP contribution in [0.1, 0.15) is 36.4 Å². The van der Waals surface area contributed by atoms with Gasteiger partial charge in [0.1, 0.15) is 6.29 Å². The maximum Gasteiger partial charge on any atom is 0.416 e. The Hall–Kier alpha value is -2.13. The molecule has 1 heterocycles. The van der Waals surface area contributed by atoms with Gasteiger partial charge in [0.05, 0.1) is 24.1 Å². The van der Waals surface area contributed by atoms with Crippen LogP contribution in [-0.2, 0) is 15.8 Å². The van der Waals surface area contributed by atoms with Gasteiger partial charge in [-0.15, -0.1) is 0 Å². The SMILES string of the molecule is CN(C)C1NC(=O)CC(C(=O)N[C@@H](c2ccc(C(F)(F)F)cc2)C2CC2)N1. The number of amides is 2. The molecule has 3 N–H and O–H groups in total. The van der Waals surface area contributed by atoms with E-state index in [0.29, 0.717) is 5.56 Å². The summed E-state index contributed by atoms with van der Waals surface area (Å²) in [4.78, 5) is 26.3. The van der Waals surface area contributed by atoms with Crippen LogP contribution >= 0.6 is 0 Å². The summed E-state index contributed by atoms with van der Waals surface area (Å²) >= 11 is 0. The lowest BCUT2D eigenvalue weighted by Gasteiger charge is -2.35. The molecule has 0 bridgehead atoms. The molecular weight excluding hydrogens is 361 g/mol. The van der Waals surface area contributed by atoms with E-state index < -0.39 is 24.1 Å². The Balaban J connectivity index is 1.71. The van der Waals surface area contributed by atoms with Crippen molar-refractivity contribution in [3.8, 4) is 0 Å². The number of rotatable bonds is 5. The summed E-state index contributed by atoms with van der Waals surface area (Å²) in [5, 5.41) is 8.71. The van der Waals surface area contributed by atoms with Gasteiger partial charge < -0.3 is 10.6 Å². The van der Waals surface area contributed by atoms with E-state index in [-0.39, 0.29) is 30.2 Å². The Bertz CT molecular complexity index is 702. The number of nitrogens with one attached hydrogen (secondary N) is 3. The molecule has 2 amide bonds. The third kappa shape index (κ3) is 4.78. The van der Waals surface area contributed by atoms with Crippen LogP contribution in [0.3, 0.4) is 0 Å². The molecule has 148 valence electrons. The fourth-order valence-corrected chi connectivity index (χ4v) is 3.17. The second-order valence-electron chi connectivity index (χ2n) is 7.30. The summed E-state index contributed by atoms with van der Waals surface area (Å²) in [6.07, 6.45) is -3.01. The molecule has 2 aliphatic rings. The van der Waals surface area contributed by atoms with Crippen LogP contribution in [0.4, 0.5) is 13.2 Å². The number of carbonyl (C=O) groups is 2. The van der Waals surface area contributed by atoms with Gasteiger partial charge in [0.25, 0.3) is 0 Å². The Morgan fingerprint density at radius 3 is 2.37 bits per heavy atom. The standard InChI is InChI=1S/C18H23F3N4O2/c1-25(2)17-22-13(9-14(26)23-17)16(27)24-15(10-3-4-10)11-5-7-12(8-6-11)18(19,20)21/h5-8,10,13,15,17,22H,3-4,9H2,1-2H3,(H,23,26)(H,24,27)/t13?,15-,17?/m1/s1. The van der Waals surface area contributed by atoms with E-state index in [9.17, 15) is 22.8 Å². The lowest BCUT2D eigenvalue weighted by atomic mass is 9.99. The Morgan fingerprint density at radius 2 is 1.85 bits per heavy atom. The zero-order chi connectivity index (χ0) is 19.8. The van der Waals surface area contributed by atoms with Crippen LogP contribution in [-0.4, -0.2) is 43.1 Å². The van der Waals surface area contributed by atoms with Crippen LogP contribution in [0.5, 0.6) is 0 Å². The highest BCUT2D eigenvalue weighted by atomic mass is 19.4. The van der Waals surface area contributed by atoms with E-state index >= 15 is 0 Å². The highest BCUT2D eigenvalue weighted by Crippen LogP contribution is 2.41. The summed E-state index contributed by atoms with van der Waals surface area (Å²) in [5.74, 6) is -0.355. The first kappa shape index (κ1) is 19.6. The second kappa shape index (κ2) is 7.47. The van der Waals surface area contributed by atoms with Crippen molar-refractivity contribution in [1.29, 1.82) is 0 Å². The van der Waals surface area contributed by atoms with Crippen LogP contribution in [0.15, 0.2) is 24.3 Å². The molecule has 1 aliphatic heterocycles. The molecule has 1 aromatic rings. The average molecular weight is 384 g/mol. The molecule has 9 heteroatoms. The van der Waals surface area contributed by atoms with Crippen molar-refractivity contribution in [1.82, 2.24) is 20.9 Å². The molecular formula is C18H23F3N4O2. The van der Waals surface area contributed by atoms with Crippen molar-refractivity contribution in [2.24, 2.45) is 5.92 Å². The van der Waals surface area contributed by atoms with Crippen molar-refractivity contribution < 1.29 is 22.8 Å². The highest BCUT2D eigenvalue weighted by Gasteiger charge is 2.38. The van der Waals surface area contributed by atoms with Crippen LogP contribution in [0.25, 0.3) is 0 Å². The maximum absolute atomic E-state index is 12.8. The van der Waals surface area contributed by atoms with Gasteiger partial charge in [0.15, 0.2) is 0 Å². The summed E-state index contributed by atoms with van der Waals surface area (Å²) in [7, 11) is 3.54. The molecule has 2 unspecified atom stereocenters. The van der Waals surface area contributed by atoms with Gasteiger partial charge in [-0.25, -0.2) is 0 Å². The minimum atomic E-state index is -4.39. The predicted octanol–water partition coefficient (Wildman–Crippen LogP) is 1.60. The lowest BCUT2D eigenvalue weighted by molar-refractivity contribution is -0.137. The fraction of sp³-hybridized carbons (Fsp3) is 0.556. The molecule has 6 nitrogen and oxygen atoms in total. The van der Waals surface area contributed by atoms with Crippen molar-refractivity contribution in [3.05, 3.63) is 35.4 Å². The first-order valence-electron chi connectivity index (χ1n) is 8.84. The molecule has 2 fully saturated rings. The van der Waals surface area contributed by atoms with E-state index in [1.807, 2.05) is 0 Å². The molecule has 3 rings (SSSR count). The zero-order valence-corrected chi connectivity index (χ0v) is 15.1. The molecule has 0 radical (unpaired) electrons. The molecule has 1 aliphatic carbocycles. The molecule has 0 aromatic heterocycles. The van der Waals surface area contributed by atoms with Crippen LogP contribution < -0.4 is 16.0 Å². The van der Waals surface area contributed by atoms with Gasteiger partial charge in [0.2, 0.25) is 11.8 Å². The number of hydrogen-bond acceptors (Lipinski definition) is 4. The number of benzene rings is 1. The van der Waals surface area contributed by atoms with Crippen LogP contribution in [0.2, 0.25) is 0 Å². The van der Waals surface area contributed by atoms with Crippen molar-refractivity contribution in [3.63, 3.8) is 0 Å². The predicted molar refractivity (Wildman–Crippen MR) is 92.2 cm³/mol. The van der Waals surface area contributed by atoms with E-state index in [4.69, 9.17) is 0 Å². The van der Waals surface area contributed by atoms with E-state index in [2.05, 4.69) is 16.0 Å². The number of hydrogen-bond donors (Lipinski definition) is 3. The molecule has 27 heavy (non-hydrogen) atoms. The first-order valence-corrected chi connectivity index (χ1v) is 8.84. The van der Waals surface area contributed by atoms with E-state index in [0.717, 1.165) is 25.0 Å². The van der Waals surface area contributed by atoms with E-state index in [1.54, 1.807) is 19.0 Å².